The Labute approximate surface area is 101 Å². The van der Waals surface area contributed by atoms with Gasteiger partial charge in [0.25, 0.3) is 0 Å². The van der Waals surface area contributed by atoms with Crippen LogP contribution in [0.1, 0.15) is 26.7 Å². The maximum Gasteiger partial charge on any atom is 0.347 e. The number of carbonyl (C=O) groups excluding carboxylic acids is 1. The Morgan fingerprint density at radius 3 is 2.88 bits per heavy atom. The first-order valence-electron chi connectivity index (χ1n) is 5.75. The highest BCUT2D eigenvalue weighted by atomic mass is 16.6. The van der Waals surface area contributed by atoms with E-state index in [1.54, 1.807) is 19.1 Å². The van der Waals surface area contributed by atoms with Crippen LogP contribution in [0.4, 0.5) is 0 Å². The van der Waals surface area contributed by atoms with Gasteiger partial charge >= 0.3 is 5.97 Å². The summed E-state index contributed by atoms with van der Waals surface area (Å²) < 4.78 is 10.4. The maximum absolute atomic E-state index is 11.5. The molecule has 0 saturated carbocycles. The number of rotatable bonds is 6. The van der Waals surface area contributed by atoms with Gasteiger partial charge in [0.15, 0.2) is 6.10 Å². The normalized spacial score (nSPS) is 11.9. The van der Waals surface area contributed by atoms with Gasteiger partial charge in [-0.1, -0.05) is 19.4 Å². The van der Waals surface area contributed by atoms with Crippen LogP contribution in [0.3, 0.4) is 0 Å². The molecule has 0 spiro atoms. The number of hydrogen-bond donors (Lipinski definition) is 1. The predicted molar refractivity (Wildman–Crippen MR) is 64.1 cm³/mol. The monoisotopic (exact) mass is 238 g/mol. The molecule has 1 aromatic rings. The fourth-order valence-electron chi connectivity index (χ4n) is 1.24. The van der Waals surface area contributed by atoms with Crippen LogP contribution in [0.2, 0.25) is 0 Å². The smallest absolute Gasteiger partial charge is 0.347 e. The summed E-state index contributed by atoms with van der Waals surface area (Å²) in [6.07, 6.45) is 1.16. The first kappa shape index (κ1) is 13.4. The van der Waals surface area contributed by atoms with Crippen molar-refractivity contribution in [2.45, 2.75) is 32.8 Å². The van der Waals surface area contributed by atoms with Gasteiger partial charge in [-0.2, -0.15) is 0 Å². The molecule has 4 heteroatoms. The Bertz CT molecular complexity index is 362. The Hall–Kier alpha value is -1.71. The van der Waals surface area contributed by atoms with E-state index in [0.717, 1.165) is 12.8 Å². The molecule has 0 saturated heterocycles. The summed E-state index contributed by atoms with van der Waals surface area (Å²) >= 11 is 0. The van der Waals surface area contributed by atoms with Crippen molar-refractivity contribution < 1.29 is 19.4 Å². The minimum absolute atomic E-state index is 0.106. The van der Waals surface area contributed by atoms with E-state index in [1.165, 1.54) is 12.1 Å². The molecule has 0 aromatic heterocycles. The standard InChI is InChI=1S/C13H18O4/c1-3-4-8-16-13(15)10(2)17-12-7-5-6-11(14)9-12/h5-7,9-10,14H,3-4,8H2,1-2H3. The minimum atomic E-state index is -0.673. The number of benzene rings is 1. The zero-order valence-corrected chi connectivity index (χ0v) is 10.2. The number of carbonyl (C=O) groups is 1. The molecular formula is C13H18O4. The first-order chi connectivity index (χ1) is 8.13. The summed E-state index contributed by atoms with van der Waals surface area (Å²) in [6.45, 7) is 4.07. The van der Waals surface area contributed by atoms with Crippen LogP contribution >= 0.6 is 0 Å². The first-order valence-corrected chi connectivity index (χ1v) is 5.75. The zero-order valence-electron chi connectivity index (χ0n) is 10.2. The summed E-state index contributed by atoms with van der Waals surface area (Å²) in [6, 6.07) is 6.32. The molecule has 0 fully saturated rings. The molecule has 94 valence electrons. The van der Waals surface area contributed by atoms with Crippen LogP contribution in [0, 0.1) is 0 Å². The summed E-state index contributed by atoms with van der Waals surface area (Å²) in [5, 5.41) is 9.24. The van der Waals surface area contributed by atoms with Crippen LogP contribution < -0.4 is 4.74 Å². The molecule has 0 aliphatic rings. The van der Waals surface area contributed by atoms with Gasteiger partial charge in [0.05, 0.1) is 6.61 Å². The predicted octanol–water partition coefficient (Wildman–Crippen LogP) is 2.50. The lowest BCUT2D eigenvalue weighted by atomic mass is 10.3. The molecule has 0 radical (unpaired) electrons. The van der Waals surface area contributed by atoms with Gasteiger partial charge in [0.1, 0.15) is 11.5 Å². The molecule has 1 unspecified atom stereocenters. The molecule has 0 aliphatic carbocycles. The zero-order chi connectivity index (χ0) is 12.7. The molecule has 0 amide bonds. The van der Waals surface area contributed by atoms with E-state index in [2.05, 4.69) is 0 Å². The van der Waals surface area contributed by atoms with E-state index in [9.17, 15) is 9.90 Å². The van der Waals surface area contributed by atoms with Gasteiger partial charge < -0.3 is 14.6 Å². The molecular weight excluding hydrogens is 220 g/mol. The van der Waals surface area contributed by atoms with Crippen LogP contribution in [0.15, 0.2) is 24.3 Å². The van der Waals surface area contributed by atoms with Crippen molar-refractivity contribution in [3.63, 3.8) is 0 Å². The van der Waals surface area contributed by atoms with Gasteiger partial charge in [-0.3, -0.25) is 0 Å². The summed E-state index contributed by atoms with van der Waals surface area (Å²) in [4.78, 5) is 11.5. The molecule has 1 N–H and O–H groups in total. The van der Waals surface area contributed by atoms with E-state index >= 15 is 0 Å². The van der Waals surface area contributed by atoms with E-state index in [4.69, 9.17) is 9.47 Å². The highest BCUT2D eigenvalue weighted by Gasteiger charge is 2.16. The van der Waals surface area contributed by atoms with Crippen molar-refractivity contribution in [3.8, 4) is 11.5 Å². The van der Waals surface area contributed by atoms with Crippen molar-refractivity contribution in [3.05, 3.63) is 24.3 Å². The quantitative estimate of drug-likeness (QED) is 0.611. The second-order valence-electron chi connectivity index (χ2n) is 3.78. The number of ether oxygens (including phenoxy) is 2. The highest BCUT2D eigenvalue weighted by Crippen LogP contribution is 2.19. The fraction of sp³-hybridized carbons (Fsp3) is 0.462. The summed E-state index contributed by atoms with van der Waals surface area (Å²) in [5.74, 6) is 0.167. The van der Waals surface area contributed by atoms with E-state index in [1.807, 2.05) is 6.92 Å². The molecule has 0 heterocycles. The lowest BCUT2D eigenvalue weighted by Gasteiger charge is -2.13. The number of phenols is 1. The molecule has 1 aromatic carbocycles. The van der Waals surface area contributed by atoms with Gasteiger partial charge in [0, 0.05) is 6.07 Å². The minimum Gasteiger partial charge on any atom is -0.508 e. The summed E-state index contributed by atoms with van der Waals surface area (Å²) in [7, 11) is 0. The number of phenolic OH excluding ortho intramolecular Hbond substituents is 1. The maximum atomic E-state index is 11.5. The van der Waals surface area contributed by atoms with Gasteiger partial charge in [-0.15, -0.1) is 0 Å². The third kappa shape index (κ3) is 4.76. The van der Waals surface area contributed by atoms with Crippen molar-refractivity contribution >= 4 is 5.97 Å². The number of aromatic hydroxyl groups is 1. The lowest BCUT2D eigenvalue weighted by molar-refractivity contribution is -0.151. The van der Waals surface area contributed by atoms with E-state index in [0.29, 0.717) is 12.4 Å². The SMILES string of the molecule is CCCCOC(=O)C(C)Oc1cccc(O)c1. The number of hydrogen-bond acceptors (Lipinski definition) is 4. The van der Waals surface area contributed by atoms with Gasteiger partial charge in [-0.25, -0.2) is 4.79 Å². The average Bonchev–Trinajstić information content (AvgIpc) is 2.29. The molecule has 1 rings (SSSR count). The van der Waals surface area contributed by atoms with E-state index < -0.39 is 6.10 Å². The van der Waals surface area contributed by atoms with Crippen molar-refractivity contribution in [1.82, 2.24) is 0 Å². The topological polar surface area (TPSA) is 55.8 Å². The van der Waals surface area contributed by atoms with Gasteiger partial charge in [-0.05, 0) is 25.5 Å². The van der Waals surface area contributed by atoms with Crippen LogP contribution in [0.25, 0.3) is 0 Å². The van der Waals surface area contributed by atoms with Crippen LogP contribution in [-0.2, 0) is 9.53 Å². The van der Waals surface area contributed by atoms with Crippen LogP contribution in [-0.4, -0.2) is 23.8 Å². The molecule has 4 nitrogen and oxygen atoms in total. The van der Waals surface area contributed by atoms with Gasteiger partial charge in [0.2, 0.25) is 0 Å². The highest BCUT2D eigenvalue weighted by molar-refractivity contribution is 5.74. The second kappa shape index (κ2) is 6.78. The van der Waals surface area contributed by atoms with Crippen LogP contribution in [0.5, 0.6) is 11.5 Å². The number of unbranched alkanes of at least 4 members (excludes halogenated alkanes) is 1. The Morgan fingerprint density at radius 1 is 1.47 bits per heavy atom. The summed E-state index contributed by atoms with van der Waals surface area (Å²) in [5.41, 5.74) is 0. The Kier molecular flexibility index (Phi) is 5.33. The van der Waals surface area contributed by atoms with Crippen molar-refractivity contribution in [1.29, 1.82) is 0 Å². The number of esters is 1. The lowest BCUT2D eigenvalue weighted by Crippen LogP contribution is -2.26. The Balaban J connectivity index is 2.43. The van der Waals surface area contributed by atoms with E-state index in [-0.39, 0.29) is 11.7 Å². The average molecular weight is 238 g/mol. The molecule has 0 bridgehead atoms. The fourth-order valence-corrected chi connectivity index (χ4v) is 1.24. The third-order valence-electron chi connectivity index (χ3n) is 2.20. The van der Waals surface area contributed by atoms with Crippen molar-refractivity contribution in [2.24, 2.45) is 0 Å². The molecule has 0 aliphatic heterocycles. The third-order valence-corrected chi connectivity index (χ3v) is 2.20. The molecule has 1 atom stereocenters. The van der Waals surface area contributed by atoms with Crippen molar-refractivity contribution in [2.75, 3.05) is 6.61 Å². The molecule has 17 heavy (non-hydrogen) atoms. The second-order valence-corrected chi connectivity index (χ2v) is 3.78. The largest absolute Gasteiger partial charge is 0.508 e. The Morgan fingerprint density at radius 2 is 2.24 bits per heavy atom.